The summed E-state index contributed by atoms with van der Waals surface area (Å²) < 4.78 is 35.4. The van der Waals surface area contributed by atoms with Crippen LogP contribution >= 0.6 is 0 Å². The van der Waals surface area contributed by atoms with Crippen molar-refractivity contribution in [2.75, 3.05) is 26.8 Å². The first kappa shape index (κ1) is 28.5. The topological polar surface area (TPSA) is 107 Å². The first-order valence-electron chi connectivity index (χ1n) is 15.3. The van der Waals surface area contributed by atoms with Crippen molar-refractivity contribution in [2.24, 2.45) is 0 Å². The van der Waals surface area contributed by atoms with Gasteiger partial charge in [0, 0.05) is 37.0 Å². The minimum atomic E-state index is -0.443. The van der Waals surface area contributed by atoms with E-state index in [1.54, 1.807) is 18.2 Å². The fourth-order valence-corrected chi connectivity index (χ4v) is 6.16. The molecule has 1 aliphatic carbocycles. The molecule has 0 amide bonds. The van der Waals surface area contributed by atoms with Crippen molar-refractivity contribution < 1.29 is 23.4 Å². The number of rotatable bonds is 10. The molecule has 2 aromatic carbocycles. The highest BCUT2D eigenvalue weighted by Crippen LogP contribution is 2.45. The molecule has 0 spiro atoms. The van der Waals surface area contributed by atoms with Crippen molar-refractivity contribution >= 4 is 17.0 Å². The molecule has 1 saturated carbocycles. The molecule has 0 radical (unpaired) electrons. The molecule has 44 heavy (non-hydrogen) atoms. The first-order chi connectivity index (χ1) is 21.5. The van der Waals surface area contributed by atoms with Crippen molar-refractivity contribution in [1.29, 1.82) is 5.26 Å². The fourth-order valence-electron chi connectivity index (χ4n) is 6.16. The molecule has 1 atom stereocenters. The summed E-state index contributed by atoms with van der Waals surface area (Å²) in [7, 11) is 1.39. The van der Waals surface area contributed by atoms with Gasteiger partial charge in [-0.05, 0) is 68.4 Å². The summed E-state index contributed by atoms with van der Waals surface area (Å²) in [5.74, 6) is 1.19. The van der Waals surface area contributed by atoms with Crippen molar-refractivity contribution in [2.45, 2.75) is 69.9 Å². The number of ether oxygens (including phenoxy) is 3. The largest absolute Gasteiger partial charge is 0.471 e. The van der Waals surface area contributed by atoms with E-state index in [4.69, 9.17) is 29.6 Å². The molecule has 10 nitrogen and oxygen atoms in total. The molecule has 0 unspecified atom stereocenters. The summed E-state index contributed by atoms with van der Waals surface area (Å²) in [6.07, 6.45) is 7.40. The Kier molecular flexibility index (Phi) is 7.78. The van der Waals surface area contributed by atoms with Crippen LogP contribution in [0.25, 0.3) is 11.0 Å². The molecular weight excluding hydrogens is 563 g/mol. The standard InChI is InChI=1S/C33H35FN6O4/c1-42-33(41)23-6-7-29-30(15-23)39(17-26-10-13-43-26)31(36-29)19-38-11-8-25(9-12-38)40-18-27(22-4-5-22)32(37-40)44-20-24-3-2-21(16-35)14-28(24)34/h2-3,6-7,14-15,18,22,25-26H,4-5,8-13,17,19-20H2,1H3/t26-/m0/s1. The zero-order chi connectivity index (χ0) is 30.2. The van der Waals surface area contributed by atoms with Crippen LogP contribution in [-0.4, -0.2) is 63.1 Å². The Morgan fingerprint density at radius 3 is 2.64 bits per heavy atom. The molecule has 2 aromatic heterocycles. The number of aromatic nitrogens is 4. The van der Waals surface area contributed by atoms with E-state index in [1.165, 1.54) is 13.2 Å². The van der Waals surface area contributed by atoms with Crippen molar-refractivity contribution in [1.82, 2.24) is 24.2 Å². The van der Waals surface area contributed by atoms with Crippen LogP contribution in [0.15, 0.2) is 42.6 Å². The van der Waals surface area contributed by atoms with Crippen LogP contribution in [0, 0.1) is 17.1 Å². The number of carbonyl (C=O) groups is 1. The number of likely N-dealkylation sites (tertiary alicyclic amines) is 1. The van der Waals surface area contributed by atoms with Gasteiger partial charge in [-0.15, -0.1) is 5.10 Å². The number of hydrogen-bond donors (Lipinski definition) is 0. The molecule has 4 heterocycles. The van der Waals surface area contributed by atoms with Gasteiger partial charge in [0.25, 0.3) is 0 Å². The molecule has 0 bridgehead atoms. The highest BCUT2D eigenvalue weighted by atomic mass is 19.1. The number of methoxy groups -OCH3 is 1. The maximum atomic E-state index is 14.4. The Hall–Kier alpha value is -4.27. The molecule has 2 aliphatic heterocycles. The number of nitrogens with zero attached hydrogens (tertiary/aromatic N) is 6. The van der Waals surface area contributed by atoms with E-state index in [0.29, 0.717) is 36.0 Å². The monoisotopic (exact) mass is 598 g/mol. The number of benzene rings is 2. The first-order valence-corrected chi connectivity index (χ1v) is 15.3. The molecule has 7 rings (SSSR count). The van der Waals surface area contributed by atoms with Gasteiger partial charge in [-0.3, -0.25) is 9.58 Å². The van der Waals surface area contributed by atoms with Crippen molar-refractivity contribution in [3.63, 3.8) is 0 Å². The van der Waals surface area contributed by atoms with Crippen molar-refractivity contribution in [3.05, 3.63) is 76.5 Å². The zero-order valence-corrected chi connectivity index (χ0v) is 24.7. The van der Waals surface area contributed by atoms with Crippen LogP contribution in [-0.2, 0) is 29.2 Å². The molecule has 0 N–H and O–H groups in total. The van der Waals surface area contributed by atoms with E-state index in [2.05, 4.69) is 15.7 Å². The highest BCUT2D eigenvalue weighted by Gasteiger charge is 2.32. The third-order valence-corrected chi connectivity index (χ3v) is 9.01. The van der Waals surface area contributed by atoms with E-state index >= 15 is 0 Å². The lowest BCUT2D eigenvalue weighted by Gasteiger charge is -2.32. The van der Waals surface area contributed by atoms with Crippen molar-refractivity contribution in [3.8, 4) is 11.9 Å². The van der Waals surface area contributed by atoms with Gasteiger partial charge in [-0.25, -0.2) is 14.2 Å². The Morgan fingerprint density at radius 2 is 1.95 bits per heavy atom. The minimum Gasteiger partial charge on any atom is -0.471 e. The van der Waals surface area contributed by atoms with Gasteiger partial charge in [-0.1, -0.05) is 6.07 Å². The van der Waals surface area contributed by atoms with Gasteiger partial charge >= 0.3 is 5.97 Å². The molecule has 4 aromatic rings. The van der Waals surface area contributed by atoms with Gasteiger partial charge in [-0.2, -0.15) is 5.26 Å². The average molecular weight is 599 g/mol. The molecule has 2 saturated heterocycles. The summed E-state index contributed by atoms with van der Waals surface area (Å²) >= 11 is 0. The molecule has 11 heteroatoms. The smallest absolute Gasteiger partial charge is 0.337 e. The second-order valence-electron chi connectivity index (χ2n) is 12.0. The molecule has 3 fully saturated rings. The second-order valence-corrected chi connectivity index (χ2v) is 12.0. The number of fused-ring (bicyclic) bond motifs is 1. The lowest BCUT2D eigenvalue weighted by atomic mass is 10.1. The van der Waals surface area contributed by atoms with Gasteiger partial charge in [0.1, 0.15) is 18.2 Å². The average Bonchev–Trinajstić information content (AvgIpc) is 3.69. The van der Waals surface area contributed by atoms with E-state index in [1.807, 2.05) is 22.9 Å². The lowest BCUT2D eigenvalue weighted by Crippen LogP contribution is -2.36. The van der Waals surface area contributed by atoms with Gasteiger partial charge in [0.05, 0.1) is 60.6 Å². The lowest BCUT2D eigenvalue weighted by molar-refractivity contribution is -0.0592. The third kappa shape index (κ3) is 5.79. The number of esters is 1. The number of hydrogen-bond acceptors (Lipinski definition) is 8. The normalized spacial score (nSPS) is 19.1. The number of nitriles is 1. The third-order valence-electron chi connectivity index (χ3n) is 9.01. The quantitative estimate of drug-likeness (QED) is 0.232. The van der Waals surface area contributed by atoms with Gasteiger partial charge in [0.2, 0.25) is 5.88 Å². The van der Waals surface area contributed by atoms with E-state index < -0.39 is 5.82 Å². The Balaban J connectivity index is 1.03. The molecule has 228 valence electrons. The van der Waals surface area contributed by atoms with Crippen LogP contribution in [0.3, 0.4) is 0 Å². The van der Waals surface area contributed by atoms with E-state index in [9.17, 15) is 9.18 Å². The summed E-state index contributed by atoms with van der Waals surface area (Å²) in [4.78, 5) is 19.6. The predicted octanol–water partition coefficient (Wildman–Crippen LogP) is 5.11. The summed E-state index contributed by atoms with van der Waals surface area (Å²) in [5.41, 5.74) is 4.09. The van der Waals surface area contributed by atoms with Crippen LogP contribution in [0.2, 0.25) is 0 Å². The van der Waals surface area contributed by atoms with Gasteiger partial charge < -0.3 is 18.8 Å². The maximum absolute atomic E-state index is 14.4. The highest BCUT2D eigenvalue weighted by molar-refractivity contribution is 5.93. The fraction of sp³-hybridized carbons (Fsp3) is 0.455. The van der Waals surface area contributed by atoms with Crippen LogP contribution < -0.4 is 4.74 Å². The molecule has 3 aliphatic rings. The van der Waals surface area contributed by atoms with Crippen LogP contribution in [0.1, 0.15) is 76.9 Å². The van der Waals surface area contributed by atoms with E-state index in [0.717, 1.165) is 74.2 Å². The number of halogens is 1. The SMILES string of the molecule is COC(=O)c1ccc2nc(CN3CCC(n4cc(C5CC5)c(OCc5ccc(C#N)cc5F)n4)CC3)n(C[C@@H]3CCO3)c2c1. The number of piperidine rings is 1. The number of carbonyl (C=O) groups excluding carboxylic acids is 1. The summed E-state index contributed by atoms with van der Waals surface area (Å²) in [6.45, 7) is 4.06. The summed E-state index contributed by atoms with van der Waals surface area (Å²) in [5, 5.41) is 13.9. The Morgan fingerprint density at radius 1 is 1.14 bits per heavy atom. The maximum Gasteiger partial charge on any atom is 0.337 e. The minimum absolute atomic E-state index is 0.0702. The van der Waals surface area contributed by atoms with E-state index in [-0.39, 0.29) is 30.3 Å². The zero-order valence-electron chi connectivity index (χ0n) is 24.7. The summed E-state index contributed by atoms with van der Waals surface area (Å²) in [6, 6.07) is 12.2. The molecular formula is C33H35FN6O4. The van der Waals surface area contributed by atoms with Crippen LogP contribution in [0.4, 0.5) is 4.39 Å². The second kappa shape index (κ2) is 12.0. The van der Waals surface area contributed by atoms with Crippen LogP contribution in [0.5, 0.6) is 5.88 Å². The Labute approximate surface area is 254 Å². The Bertz CT molecular complexity index is 1730. The number of imidazole rings is 1. The predicted molar refractivity (Wildman–Crippen MR) is 159 cm³/mol. The van der Waals surface area contributed by atoms with Gasteiger partial charge in [0.15, 0.2) is 0 Å².